The fraction of sp³-hybridized carbons (Fsp3) is 0.386. The van der Waals surface area contributed by atoms with Crippen LogP contribution in [0.3, 0.4) is 0 Å². The molecule has 4 aromatic carbocycles. The fourth-order valence-corrected chi connectivity index (χ4v) is 11.0. The summed E-state index contributed by atoms with van der Waals surface area (Å²) in [4.78, 5) is 78.4. The van der Waals surface area contributed by atoms with Crippen LogP contribution in [0.15, 0.2) is 110 Å². The third-order valence-electron chi connectivity index (χ3n) is 16.9. The molecule has 4 amide bonds. The number of nitrogens with one attached hydrogen (secondary N) is 4. The number of amides is 4. The molecule has 5 N–H and O–H groups in total. The van der Waals surface area contributed by atoms with Crippen LogP contribution in [0.25, 0.3) is 33.6 Å². The quantitative estimate of drug-likeness (QED) is 0.0499. The molecule has 27 heteroatoms. The van der Waals surface area contributed by atoms with Crippen LogP contribution in [0, 0.1) is 58.7 Å². The van der Waals surface area contributed by atoms with Crippen molar-refractivity contribution >= 4 is 46.8 Å². The van der Waals surface area contributed by atoms with Crippen molar-refractivity contribution in [3.63, 3.8) is 0 Å². The number of piperidine rings is 1. The third kappa shape index (κ3) is 17.4. The minimum atomic E-state index is -3.36. The van der Waals surface area contributed by atoms with Crippen molar-refractivity contribution in [1.29, 1.82) is 15.8 Å². The molecular weight excluding hydrogens is 1250 g/mol. The summed E-state index contributed by atoms with van der Waals surface area (Å²) >= 11 is 0. The molecule has 0 bridgehead atoms. The van der Waals surface area contributed by atoms with Crippen LogP contribution in [-0.4, -0.2) is 146 Å². The number of H-pyrrole nitrogens is 1. The predicted molar refractivity (Wildman–Crippen MR) is 344 cm³/mol. The molecule has 6 fully saturated rings. The summed E-state index contributed by atoms with van der Waals surface area (Å²) in [6.07, 6.45) is 7.78. The Bertz CT molecular complexity index is 4210. The second-order valence-corrected chi connectivity index (χ2v) is 24.2. The summed E-state index contributed by atoms with van der Waals surface area (Å²) in [6.45, 7) is 5.47. The summed E-state index contributed by atoms with van der Waals surface area (Å²) in [5, 5.41) is 53.3. The Kier molecular flexibility index (Phi) is 21.1. The lowest BCUT2D eigenvalue weighted by molar-refractivity contribution is -0.145. The highest BCUT2D eigenvalue weighted by molar-refractivity contribution is 6.00. The molecule has 3 atom stereocenters. The van der Waals surface area contributed by atoms with Crippen molar-refractivity contribution in [3.8, 4) is 69.1 Å². The van der Waals surface area contributed by atoms with Crippen LogP contribution in [-0.2, 0) is 33.4 Å². The number of esters is 1. The number of pyridine rings is 1. The van der Waals surface area contributed by atoms with Gasteiger partial charge in [0.25, 0.3) is 11.8 Å². The van der Waals surface area contributed by atoms with Gasteiger partial charge in [0.1, 0.15) is 71.2 Å². The smallest absolute Gasteiger partial charge is 0.309 e. The number of likely N-dealkylation sites (tertiary alicyclic amines) is 1. The first-order chi connectivity index (χ1) is 46.9. The zero-order valence-electron chi connectivity index (χ0n) is 53.1. The highest BCUT2D eigenvalue weighted by atomic mass is 19.3. The van der Waals surface area contributed by atoms with E-state index in [0.29, 0.717) is 120 Å². The minimum Gasteiger partial charge on any atom is -0.489 e. The topological polar surface area (TPSA) is 352 Å². The number of carbonyl (C=O) groups is 5. The summed E-state index contributed by atoms with van der Waals surface area (Å²) < 4.78 is 63.2. The number of aromatic amines is 1. The average molecular weight is 1320 g/mol. The van der Waals surface area contributed by atoms with Crippen molar-refractivity contribution in [2.24, 2.45) is 17.8 Å². The number of hydrogen-bond acceptors (Lipinski definition) is 20. The summed E-state index contributed by atoms with van der Waals surface area (Å²) in [5.74, 6) is -4.13. The number of hydrogen-bond donors (Lipinski definition) is 5. The first-order valence-electron chi connectivity index (χ1n) is 31.9. The monoisotopic (exact) mass is 1320 g/mol. The second-order valence-electron chi connectivity index (χ2n) is 24.2. The standard InChI is InChI=1S/C25H23F2N7O3.C23H24N4O5.C22H22N2O4/c1-14-30-22(33-32-14)24(36)34-9-7-21(25(26,27)13-34)37-20-5-4-16(10-17(20)12-28)19-11-18(6-8-29-19)31-23(35)15-2-3-15;1-2-31-23(29)18-10-17(18)22(28)27-21-11-19(25-13-26-21)14-3-4-20(15(9-14)12-24)32-16-5-7-30-8-6-16;23-14-17-12-16(4-5-20(17)28-19-6-10-27-11-7-19)15-2-1-3-18(13-15)24-21(25)22(26)8-9-22/h4-6,8,10-11,15,21H,2-3,7,9,13H2,1H3,(H,29,31,35)(H,30,32,33);3-4,9,11,13,16-18H,2,5-8,10H2,1H3,(H,25,26,27,28);1-5,12-13,19,26H,6-11H2,(H,24,25)/t21-;17-,18-;/m01./s1. The van der Waals surface area contributed by atoms with Gasteiger partial charge in [-0.05, 0) is 130 Å². The van der Waals surface area contributed by atoms with Gasteiger partial charge in [-0.15, -0.1) is 5.10 Å². The van der Waals surface area contributed by atoms with E-state index in [1.807, 2.05) is 42.5 Å². The summed E-state index contributed by atoms with van der Waals surface area (Å²) in [6, 6.07) is 34.1. The SMILES string of the molecule is CCOC(=O)[C@@H]1C[C@H]1C(=O)Nc1cc(-c2ccc(OC3CCOCC3)c(C#N)c2)ncn1.Cc1nc(C(=O)N2CC[C@H](Oc3ccc(-c4cc(NC(=O)C5CC5)ccn4)cc3C#N)C(F)(F)C2)n[nH]1.N#Cc1cc(-c2cccc(NC(=O)C3(O)CC3)c2)ccc1OC1CCOCC1. The Hall–Kier alpha value is -10.8. The maximum absolute atomic E-state index is 15.0. The van der Waals surface area contributed by atoms with E-state index in [9.17, 15) is 53.6 Å². The van der Waals surface area contributed by atoms with Gasteiger partial charge in [-0.25, -0.2) is 23.7 Å². The van der Waals surface area contributed by atoms with Crippen molar-refractivity contribution in [2.45, 2.75) is 108 Å². The highest BCUT2D eigenvalue weighted by Gasteiger charge is 2.50. The average Bonchev–Trinajstić information content (AvgIpc) is 1.66. The largest absolute Gasteiger partial charge is 0.489 e. The van der Waals surface area contributed by atoms with Gasteiger partial charge in [0.15, 0.2) is 6.10 Å². The Morgan fingerprint density at radius 1 is 0.670 bits per heavy atom. The van der Waals surface area contributed by atoms with Crippen LogP contribution < -0.4 is 30.2 Å². The zero-order valence-corrected chi connectivity index (χ0v) is 53.1. The van der Waals surface area contributed by atoms with E-state index in [2.05, 4.69) is 58.2 Å². The Morgan fingerprint density at radius 3 is 1.84 bits per heavy atom. The number of nitrogens with zero attached hydrogens (tertiary/aromatic N) is 9. The van der Waals surface area contributed by atoms with Gasteiger partial charge < -0.3 is 54.4 Å². The number of aryl methyl sites for hydroxylation is 1. The number of halogens is 2. The van der Waals surface area contributed by atoms with Crippen LogP contribution in [0.5, 0.6) is 17.2 Å². The van der Waals surface area contributed by atoms with Crippen molar-refractivity contribution in [2.75, 3.05) is 62.1 Å². The van der Waals surface area contributed by atoms with E-state index in [0.717, 1.165) is 54.6 Å². The molecule has 3 aliphatic heterocycles. The lowest BCUT2D eigenvalue weighted by Crippen LogP contribution is -2.55. The number of ether oxygens (including phenoxy) is 6. The van der Waals surface area contributed by atoms with Crippen LogP contribution in [0.4, 0.5) is 26.0 Å². The summed E-state index contributed by atoms with van der Waals surface area (Å²) in [7, 11) is 0. The lowest BCUT2D eigenvalue weighted by atomic mass is 10.0. The van der Waals surface area contributed by atoms with Gasteiger partial charge in [0.05, 0.1) is 79.5 Å². The van der Waals surface area contributed by atoms with E-state index >= 15 is 0 Å². The van der Waals surface area contributed by atoms with E-state index in [1.54, 1.807) is 68.6 Å². The maximum atomic E-state index is 15.0. The molecule has 0 spiro atoms. The molecular formula is C70H69F2N13O12. The number of carbonyl (C=O) groups excluding carboxylic acids is 5. The lowest BCUT2D eigenvalue weighted by Gasteiger charge is -2.37. The normalized spacial score (nSPS) is 19.0. The summed E-state index contributed by atoms with van der Waals surface area (Å²) in [5.41, 5.74) is 5.01. The minimum absolute atomic E-state index is 0.0125. The maximum Gasteiger partial charge on any atom is 0.309 e. The molecule has 7 aromatic rings. The third-order valence-corrected chi connectivity index (χ3v) is 16.9. The zero-order chi connectivity index (χ0) is 68.2. The Labute approximate surface area is 556 Å². The number of aromatic nitrogens is 6. The molecule has 3 aliphatic carbocycles. The number of alkyl halides is 2. The molecule has 3 saturated heterocycles. The van der Waals surface area contributed by atoms with E-state index in [-0.39, 0.29) is 71.9 Å². The van der Waals surface area contributed by atoms with Gasteiger partial charge in [0, 0.05) is 79.3 Å². The number of anilines is 3. The second kappa shape index (κ2) is 30.3. The van der Waals surface area contributed by atoms with Gasteiger partial charge in [0.2, 0.25) is 17.6 Å². The molecule has 3 aromatic heterocycles. The highest BCUT2D eigenvalue weighted by Crippen LogP contribution is 2.41. The molecule has 3 saturated carbocycles. The predicted octanol–water partition coefficient (Wildman–Crippen LogP) is 9.28. The van der Waals surface area contributed by atoms with Gasteiger partial charge in [-0.2, -0.15) is 15.8 Å². The molecule has 0 radical (unpaired) electrons. The van der Waals surface area contributed by atoms with Crippen molar-refractivity contribution in [3.05, 3.63) is 138 Å². The van der Waals surface area contributed by atoms with Gasteiger partial charge in [-0.1, -0.05) is 18.2 Å². The molecule has 6 heterocycles. The Balaban J connectivity index is 0.000000149. The Morgan fingerprint density at radius 2 is 1.26 bits per heavy atom. The van der Waals surface area contributed by atoms with E-state index in [4.69, 9.17) is 28.4 Å². The van der Waals surface area contributed by atoms with Crippen molar-refractivity contribution in [1.82, 2.24) is 35.0 Å². The van der Waals surface area contributed by atoms with Gasteiger partial charge in [-0.3, -0.25) is 34.1 Å². The van der Waals surface area contributed by atoms with Crippen molar-refractivity contribution < 1.29 is 66.3 Å². The molecule has 13 rings (SSSR count). The molecule has 500 valence electrons. The van der Waals surface area contributed by atoms with Crippen LogP contribution in [0.2, 0.25) is 0 Å². The first-order valence-corrected chi connectivity index (χ1v) is 31.9. The molecule has 0 unspecified atom stereocenters. The number of aliphatic hydroxyl groups is 1. The molecule has 97 heavy (non-hydrogen) atoms. The first kappa shape index (κ1) is 67.6. The van der Waals surface area contributed by atoms with E-state index < -0.39 is 41.9 Å². The molecule has 6 aliphatic rings. The van der Waals surface area contributed by atoms with E-state index in [1.165, 1.54) is 18.5 Å². The molecule has 25 nitrogen and oxygen atoms in total. The van der Waals surface area contributed by atoms with Crippen LogP contribution in [0.1, 0.15) is 104 Å². The van der Waals surface area contributed by atoms with Gasteiger partial charge >= 0.3 is 11.9 Å². The van der Waals surface area contributed by atoms with Crippen LogP contribution >= 0.6 is 0 Å². The number of nitriles is 3. The number of rotatable bonds is 18. The number of benzene rings is 4. The fourth-order valence-electron chi connectivity index (χ4n) is 11.0.